The van der Waals surface area contributed by atoms with Crippen molar-refractivity contribution in [3.8, 4) is 0 Å². The first kappa shape index (κ1) is 15.1. The molecule has 2 heterocycles. The van der Waals surface area contributed by atoms with Gasteiger partial charge in [-0.3, -0.25) is 19.3 Å². The second-order valence-corrected chi connectivity index (χ2v) is 6.56. The Morgan fingerprint density at radius 2 is 1.91 bits per heavy atom. The van der Waals surface area contributed by atoms with Gasteiger partial charge in [0.05, 0.1) is 11.8 Å². The highest BCUT2D eigenvalue weighted by molar-refractivity contribution is 8.14. The van der Waals surface area contributed by atoms with Gasteiger partial charge in [0.2, 0.25) is 5.91 Å². The van der Waals surface area contributed by atoms with Crippen LogP contribution in [0.25, 0.3) is 0 Å². The van der Waals surface area contributed by atoms with Gasteiger partial charge in [-0.05, 0) is 24.1 Å². The molecular formula is C16H18N2O3S. The van der Waals surface area contributed by atoms with E-state index in [0.717, 1.165) is 24.6 Å². The highest BCUT2D eigenvalue weighted by Gasteiger charge is 2.43. The molecule has 0 aromatic heterocycles. The zero-order valence-corrected chi connectivity index (χ0v) is 13.3. The van der Waals surface area contributed by atoms with Gasteiger partial charge in [-0.2, -0.15) is 0 Å². The van der Waals surface area contributed by atoms with Crippen molar-refractivity contribution in [2.45, 2.75) is 25.8 Å². The molecule has 0 bridgehead atoms. The molecule has 2 fully saturated rings. The zero-order chi connectivity index (χ0) is 15.7. The number of likely N-dealkylation sites (tertiary alicyclic amines) is 1. The first-order valence-electron chi connectivity index (χ1n) is 7.47. The van der Waals surface area contributed by atoms with Gasteiger partial charge in [-0.15, -0.1) is 0 Å². The number of benzene rings is 1. The number of amides is 3. The van der Waals surface area contributed by atoms with Crippen LogP contribution in [0.3, 0.4) is 0 Å². The van der Waals surface area contributed by atoms with Gasteiger partial charge in [0.1, 0.15) is 0 Å². The van der Waals surface area contributed by atoms with Crippen LogP contribution in [-0.4, -0.2) is 51.7 Å². The van der Waals surface area contributed by atoms with Crippen LogP contribution in [0.4, 0.5) is 4.79 Å². The Kier molecular flexibility index (Phi) is 4.20. The SMILES string of the molecule is CCCc1ccc(C(=O)N2CC(N3C(=O)CSC3=O)C2)cc1. The summed E-state index contributed by atoms with van der Waals surface area (Å²) in [4.78, 5) is 38.6. The number of aryl methyl sites for hydroxylation is 1. The Labute approximate surface area is 133 Å². The molecule has 0 N–H and O–H groups in total. The van der Waals surface area contributed by atoms with E-state index in [1.807, 2.05) is 24.3 Å². The standard InChI is InChI=1S/C16H18N2O3S/c1-2-3-11-4-6-12(7-5-11)15(20)17-8-13(9-17)18-14(19)10-22-16(18)21/h4-7,13H,2-3,8-10H2,1H3. The summed E-state index contributed by atoms with van der Waals surface area (Å²) < 4.78 is 0. The van der Waals surface area contributed by atoms with E-state index in [0.29, 0.717) is 18.7 Å². The Morgan fingerprint density at radius 3 is 2.45 bits per heavy atom. The van der Waals surface area contributed by atoms with Crippen LogP contribution in [-0.2, 0) is 11.2 Å². The lowest BCUT2D eigenvalue weighted by Crippen LogP contribution is -2.62. The molecule has 0 spiro atoms. The summed E-state index contributed by atoms with van der Waals surface area (Å²) >= 11 is 1.04. The molecule has 3 rings (SSSR count). The van der Waals surface area contributed by atoms with E-state index in [2.05, 4.69) is 6.92 Å². The number of imide groups is 1. The lowest BCUT2D eigenvalue weighted by atomic mass is 10.0. The number of nitrogens with zero attached hydrogens (tertiary/aromatic N) is 2. The summed E-state index contributed by atoms with van der Waals surface area (Å²) in [6.07, 6.45) is 2.09. The van der Waals surface area contributed by atoms with Crippen LogP contribution in [0.1, 0.15) is 29.3 Å². The Hall–Kier alpha value is -1.82. The number of rotatable bonds is 4. The third-order valence-corrected chi connectivity index (χ3v) is 4.87. The van der Waals surface area contributed by atoms with Gasteiger partial charge in [0, 0.05) is 18.7 Å². The van der Waals surface area contributed by atoms with Crippen molar-refractivity contribution >= 4 is 28.8 Å². The van der Waals surface area contributed by atoms with Crippen LogP contribution in [0, 0.1) is 0 Å². The molecule has 0 unspecified atom stereocenters. The minimum absolute atomic E-state index is 0.0361. The Morgan fingerprint density at radius 1 is 1.23 bits per heavy atom. The van der Waals surface area contributed by atoms with Crippen molar-refractivity contribution in [1.29, 1.82) is 0 Å². The summed E-state index contributed by atoms with van der Waals surface area (Å²) in [5.74, 6) is 0.0457. The van der Waals surface area contributed by atoms with Gasteiger partial charge < -0.3 is 4.90 Å². The second-order valence-electron chi connectivity index (χ2n) is 5.63. The van der Waals surface area contributed by atoms with E-state index in [-0.39, 0.29) is 28.8 Å². The number of hydrogen-bond acceptors (Lipinski definition) is 4. The number of carbonyl (C=O) groups is 3. The molecule has 22 heavy (non-hydrogen) atoms. The molecule has 2 saturated heterocycles. The van der Waals surface area contributed by atoms with Crippen LogP contribution < -0.4 is 0 Å². The highest BCUT2D eigenvalue weighted by atomic mass is 32.2. The van der Waals surface area contributed by atoms with Gasteiger partial charge >= 0.3 is 0 Å². The summed E-state index contributed by atoms with van der Waals surface area (Å²) in [5.41, 5.74) is 1.89. The minimum atomic E-state index is -0.189. The van der Waals surface area contributed by atoms with E-state index < -0.39 is 0 Å². The zero-order valence-electron chi connectivity index (χ0n) is 12.4. The number of carbonyl (C=O) groups excluding carboxylic acids is 3. The van der Waals surface area contributed by atoms with Gasteiger partial charge in [0.15, 0.2) is 0 Å². The Balaban J connectivity index is 1.59. The van der Waals surface area contributed by atoms with Crippen molar-refractivity contribution in [2.75, 3.05) is 18.8 Å². The number of hydrogen-bond donors (Lipinski definition) is 0. The predicted octanol–water partition coefficient (Wildman–Crippen LogP) is 2.16. The second kappa shape index (κ2) is 6.12. The largest absolute Gasteiger partial charge is 0.334 e. The summed E-state index contributed by atoms with van der Waals surface area (Å²) in [7, 11) is 0. The van der Waals surface area contributed by atoms with Crippen LogP contribution in [0.2, 0.25) is 0 Å². The monoisotopic (exact) mass is 318 g/mol. The third-order valence-electron chi connectivity index (χ3n) is 4.04. The topological polar surface area (TPSA) is 57.7 Å². The molecule has 3 amide bonds. The van der Waals surface area contributed by atoms with Gasteiger partial charge in [-0.25, -0.2) is 0 Å². The molecule has 1 aromatic carbocycles. The summed E-state index contributed by atoms with van der Waals surface area (Å²) in [6.45, 7) is 3.00. The summed E-state index contributed by atoms with van der Waals surface area (Å²) in [5, 5.41) is -0.189. The lowest BCUT2D eigenvalue weighted by Gasteiger charge is -2.42. The molecule has 116 valence electrons. The maximum atomic E-state index is 12.4. The van der Waals surface area contributed by atoms with E-state index in [4.69, 9.17) is 0 Å². The minimum Gasteiger partial charge on any atom is -0.334 e. The molecule has 6 heteroatoms. The van der Waals surface area contributed by atoms with Crippen molar-refractivity contribution in [1.82, 2.24) is 9.80 Å². The van der Waals surface area contributed by atoms with Crippen molar-refractivity contribution in [3.05, 3.63) is 35.4 Å². The van der Waals surface area contributed by atoms with E-state index >= 15 is 0 Å². The maximum Gasteiger partial charge on any atom is 0.289 e. The fourth-order valence-electron chi connectivity index (χ4n) is 2.79. The highest BCUT2D eigenvalue weighted by Crippen LogP contribution is 2.27. The molecule has 0 saturated carbocycles. The normalized spacial score (nSPS) is 18.8. The molecule has 2 aliphatic rings. The molecule has 0 aliphatic carbocycles. The van der Waals surface area contributed by atoms with Crippen LogP contribution in [0.5, 0.6) is 0 Å². The van der Waals surface area contributed by atoms with Crippen molar-refractivity contribution in [2.24, 2.45) is 0 Å². The molecular weight excluding hydrogens is 300 g/mol. The maximum absolute atomic E-state index is 12.4. The molecule has 0 atom stereocenters. The van der Waals surface area contributed by atoms with Gasteiger partial charge in [-0.1, -0.05) is 37.2 Å². The fraction of sp³-hybridized carbons (Fsp3) is 0.438. The van der Waals surface area contributed by atoms with E-state index in [9.17, 15) is 14.4 Å². The van der Waals surface area contributed by atoms with Crippen LogP contribution >= 0.6 is 11.8 Å². The smallest absolute Gasteiger partial charge is 0.289 e. The predicted molar refractivity (Wildman–Crippen MR) is 84.8 cm³/mol. The number of thioether (sulfide) groups is 1. The van der Waals surface area contributed by atoms with E-state index in [1.54, 1.807) is 4.90 Å². The molecule has 2 aliphatic heterocycles. The Bertz CT molecular complexity index is 592. The van der Waals surface area contributed by atoms with Crippen molar-refractivity contribution in [3.63, 3.8) is 0 Å². The van der Waals surface area contributed by atoms with Crippen LogP contribution in [0.15, 0.2) is 24.3 Å². The molecule has 5 nitrogen and oxygen atoms in total. The average Bonchev–Trinajstić information content (AvgIpc) is 2.79. The fourth-order valence-corrected chi connectivity index (χ4v) is 3.56. The quantitative estimate of drug-likeness (QED) is 0.853. The first-order chi connectivity index (χ1) is 10.6. The molecule has 0 radical (unpaired) electrons. The van der Waals surface area contributed by atoms with Crippen molar-refractivity contribution < 1.29 is 14.4 Å². The first-order valence-corrected chi connectivity index (χ1v) is 8.45. The van der Waals surface area contributed by atoms with E-state index in [1.165, 1.54) is 10.5 Å². The lowest BCUT2D eigenvalue weighted by molar-refractivity contribution is -0.128. The third kappa shape index (κ3) is 2.75. The summed E-state index contributed by atoms with van der Waals surface area (Å²) in [6, 6.07) is 7.51. The van der Waals surface area contributed by atoms with Gasteiger partial charge in [0.25, 0.3) is 11.1 Å². The molecule has 1 aromatic rings. The average molecular weight is 318 g/mol.